The highest BCUT2D eigenvalue weighted by Gasteiger charge is 2.21. The van der Waals surface area contributed by atoms with Crippen molar-refractivity contribution < 1.29 is 9.53 Å². The topological polar surface area (TPSA) is 50.4 Å². The van der Waals surface area contributed by atoms with E-state index in [1.807, 2.05) is 18.2 Å². The lowest BCUT2D eigenvalue weighted by molar-refractivity contribution is 0.0637. The van der Waals surface area contributed by atoms with Crippen LogP contribution >= 0.6 is 0 Å². The van der Waals surface area contributed by atoms with Crippen LogP contribution in [0.1, 0.15) is 30.1 Å². The Morgan fingerprint density at radius 3 is 2.94 bits per heavy atom. The Balaban J connectivity index is 1.91. The van der Waals surface area contributed by atoms with Crippen LogP contribution in [0, 0.1) is 0 Å². The molecule has 1 aromatic carbocycles. The molecule has 1 aliphatic heterocycles. The molecule has 2 atom stereocenters. The molecular formula is C14H20N2O2. The van der Waals surface area contributed by atoms with Crippen molar-refractivity contribution in [2.75, 3.05) is 18.9 Å². The van der Waals surface area contributed by atoms with Crippen LogP contribution in [0.3, 0.4) is 0 Å². The fourth-order valence-electron chi connectivity index (χ4n) is 2.18. The van der Waals surface area contributed by atoms with Gasteiger partial charge in [0.05, 0.1) is 12.2 Å². The average Bonchev–Trinajstić information content (AvgIpc) is 2.81. The first-order valence-electron chi connectivity index (χ1n) is 6.40. The molecule has 0 bridgehead atoms. The van der Waals surface area contributed by atoms with Gasteiger partial charge in [-0.25, -0.2) is 0 Å². The molecule has 1 heterocycles. The van der Waals surface area contributed by atoms with Gasteiger partial charge in [-0.2, -0.15) is 0 Å². The Kier molecular flexibility index (Phi) is 4.20. The van der Waals surface area contributed by atoms with Crippen LogP contribution in [0.4, 0.5) is 5.69 Å². The highest BCUT2D eigenvalue weighted by atomic mass is 16.5. The first-order chi connectivity index (χ1) is 8.69. The molecule has 0 saturated carbocycles. The summed E-state index contributed by atoms with van der Waals surface area (Å²) in [5.74, 6) is -0.0654. The van der Waals surface area contributed by atoms with Crippen LogP contribution in [-0.2, 0) is 4.74 Å². The zero-order valence-corrected chi connectivity index (χ0v) is 10.9. The number of carbonyl (C=O) groups is 1. The normalized spacial score (nSPS) is 22.8. The van der Waals surface area contributed by atoms with Crippen LogP contribution < -0.4 is 10.6 Å². The summed E-state index contributed by atoms with van der Waals surface area (Å²) >= 11 is 0. The van der Waals surface area contributed by atoms with Crippen LogP contribution in [0.25, 0.3) is 0 Å². The quantitative estimate of drug-likeness (QED) is 0.857. The largest absolute Gasteiger partial charge is 0.382 e. The fourth-order valence-corrected chi connectivity index (χ4v) is 2.18. The number of carbonyl (C=O) groups excluding carboxylic acids is 1. The average molecular weight is 248 g/mol. The van der Waals surface area contributed by atoms with E-state index in [1.54, 1.807) is 13.1 Å². The van der Waals surface area contributed by atoms with Gasteiger partial charge in [0.1, 0.15) is 0 Å². The van der Waals surface area contributed by atoms with Gasteiger partial charge in [-0.05, 0) is 38.0 Å². The molecule has 0 spiro atoms. The minimum atomic E-state index is -0.0654. The summed E-state index contributed by atoms with van der Waals surface area (Å²) in [6.45, 7) is 2.90. The third kappa shape index (κ3) is 3.23. The van der Waals surface area contributed by atoms with E-state index in [2.05, 4.69) is 17.6 Å². The van der Waals surface area contributed by atoms with E-state index in [9.17, 15) is 4.79 Å². The van der Waals surface area contributed by atoms with Crippen LogP contribution in [0.5, 0.6) is 0 Å². The highest BCUT2D eigenvalue weighted by molar-refractivity contribution is 5.94. The van der Waals surface area contributed by atoms with Gasteiger partial charge in [0.25, 0.3) is 5.91 Å². The van der Waals surface area contributed by atoms with Gasteiger partial charge >= 0.3 is 0 Å². The smallest absolute Gasteiger partial charge is 0.251 e. The molecule has 2 rings (SSSR count). The fraction of sp³-hybridized carbons (Fsp3) is 0.500. The number of nitrogens with one attached hydrogen (secondary N) is 2. The number of hydrogen-bond donors (Lipinski definition) is 2. The first kappa shape index (κ1) is 12.9. The minimum Gasteiger partial charge on any atom is -0.382 e. The molecular weight excluding hydrogens is 228 g/mol. The van der Waals surface area contributed by atoms with Crippen molar-refractivity contribution in [3.63, 3.8) is 0 Å². The predicted octanol–water partition coefficient (Wildman–Crippen LogP) is 2.03. The molecule has 98 valence electrons. The Morgan fingerprint density at radius 1 is 1.44 bits per heavy atom. The molecule has 2 N–H and O–H groups in total. The lowest BCUT2D eigenvalue weighted by atomic mass is 10.1. The Hall–Kier alpha value is -1.55. The molecule has 1 aliphatic rings. The van der Waals surface area contributed by atoms with Gasteiger partial charge in [0.2, 0.25) is 0 Å². The molecule has 2 unspecified atom stereocenters. The summed E-state index contributed by atoms with van der Waals surface area (Å²) in [6.07, 6.45) is 2.88. The van der Waals surface area contributed by atoms with E-state index in [0.717, 1.165) is 25.1 Å². The Bertz CT molecular complexity index is 420. The summed E-state index contributed by atoms with van der Waals surface area (Å²) in [5.41, 5.74) is 1.63. The van der Waals surface area contributed by atoms with Gasteiger partial charge in [0, 0.05) is 24.8 Å². The van der Waals surface area contributed by atoms with Gasteiger partial charge in [0.15, 0.2) is 0 Å². The zero-order valence-electron chi connectivity index (χ0n) is 10.9. The maximum atomic E-state index is 11.5. The summed E-state index contributed by atoms with van der Waals surface area (Å²) in [6, 6.07) is 7.51. The van der Waals surface area contributed by atoms with E-state index in [1.165, 1.54) is 0 Å². The van der Waals surface area contributed by atoms with E-state index in [0.29, 0.717) is 11.7 Å². The monoisotopic (exact) mass is 248 g/mol. The van der Waals surface area contributed by atoms with Gasteiger partial charge in [-0.15, -0.1) is 0 Å². The molecule has 4 heteroatoms. The maximum absolute atomic E-state index is 11.5. The van der Waals surface area contributed by atoms with Crippen molar-refractivity contribution in [2.24, 2.45) is 0 Å². The summed E-state index contributed by atoms with van der Waals surface area (Å²) in [4.78, 5) is 11.5. The zero-order chi connectivity index (χ0) is 13.0. The third-order valence-electron chi connectivity index (χ3n) is 3.21. The SMILES string of the molecule is CNC(=O)c1cccc(NCC2CCC(C)O2)c1. The molecule has 1 aromatic rings. The summed E-state index contributed by atoms with van der Waals surface area (Å²) in [5, 5.41) is 5.94. The van der Waals surface area contributed by atoms with Crippen molar-refractivity contribution in [3.05, 3.63) is 29.8 Å². The van der Waals surface area contributed by atoms with Crippen molar-refractivity contribution in [1.82, 2.24) is 5.32 Å². The highest BCUT2D eigenvalue weighted by Crippen LogP contribution is 2.20. The molecule has 0 radical (unpaired) electrons. The van der Waals surface area contributed by atoms with E-state index in [-0.39, 0.29) is 12.0 Å². The molecule has 18 heavy (non-hydrogen) atoms. The van der Waals surface area contributed by atoms with Crippen molar-refractivity contribution in [3.8, 4) is 0 Å². The second-order valence-corrected chi connectivity index (χ2v) is 4.69. The number of amides is 1. The number of benzene rings is 1. The molecule has 4 nitrogen and oxygen atoms in total. The third-order valence-corrected chi connectivity index (χ3v) is 3.21. The predicted molar refractivity (Wildman–Crippen MR) is 71.9 cm³/mol. The van der Waals surface area contributed by atoms with Crippen molar-refractivity contribution in [1.29, 1.82) is 0 Å². The van der Waals surface area contributed by atoms with E-state index >= 15 is 0 Å². The first-order valence-corrected chi connectivity index (χ1v) is 6.40. The number of rotatable bonds is 4. The summed E-state index contributed by atoms with van der Waals surface area (Å²) in [7, 11) is 1.64. The molecule has 1 saturated heterocycles. The lowest BCUT2D eigenvalue weighted by Crippen LogP contribution is -2.20. The molecule has 1 amide bonds. The van der Waals surface area contributed by atoms with Crippen molar-refractivity contribution in [2.45, 2.75) is 32.0 Å². The second-order valence-electron chi connectivity index (χ2n) is 4.69. The van der Waals surface area contributed by atoms with Crippen molar-refractivity contribution >= 4 is 11.6 Å². The Labute approximate surface area is 108 Å². The second kappa shape index (κ2) is 5.87. The Morgan fingerprint density at radius 2 is 2.28 bits per heavy atom. The molecule has 0 aromatic heterocycles. The maximum Gasteiger partial charge on any atom is 0.251 e. The number of hydrogen-bond acceptors (Lipinski definition) is 3. The van der Waals surface area contributed by atoms with Crippen LogP contribution in [-0.4, -0.2) is 31.7 Å². The molecule has 1 fully saturated rings. The number of anilines is 1. The van der Waals surface area contributed by atoms with Gasteiger partial charge in [-0.3, -0.25) is 4.79 Å². The minimum absolute atomic E-state index is 0.0654. The number of ether oxygens (including phenoxy) is 1. The summed E-state index contributed by atoms with van der Waals surface area (Å²) < 4.78 is 5.74. The lowest BCUT2D eigenvalue weighted by Gasteiger charge is -2.13. The van der Waals surface area contributed by atoms with Crippen LogP contribution in [0.2, 0.25) is 0 Å². The van der Waals surface area contributed by atoms with Gasteiger partial charge in [-0.1, -0.05) is 6.07 Å². The molecule has 0 aliphatic carbocycles. The van der Waals surface area contributed by atoms with E-state index in [4.69, 9.17) is 4.74 Å². The van der Waals surface area contributed by atoms with Crippen LogP contribution in [0.15, 0.2) is 24.3 Å². The standard InChI is InChI=1S/C14H20N2O2/c1-10-6-7-13(18-10)9-16-12-5-3-4-11(8-12)14(17)15-2/h3-5,8,10,13,16H,6-7,9H2,1-2H3,(H,15,17). The van der Waals surface area contributed by atoms with Gasteiger partial charge < -0.3 is 15.4 Å². The van der Waals surface area contributed by atoms with E-state index < -0.39 is 0 Å².